The normalized spacial score (nSPS) is 43.9. The molecule has 20 heteroatoms. The van der Waals surface area contributed by atoms with E-state index in [1.165, 1.54) is 56.9 Å². The van der Waals surface area contributed by atoms with Gasteiger partial charge >= 0.3 is 0 Å². The Morgan fingerprint density at radius 1 is 0.233 bits per heavy atom. The van der Waals surface area contributed by atoms with Gasteiger partial charge in [-0.1, -0.05) is 0 Å². The van der Waals surface area contributed by atoms with Crippen LogP contribution in [0.2, 0.25) is 0 Å². The smallest absolute Gasteiger partial charge is 0.151 e. The first kappa shape index (κ1) is 50.5. The molecule has 0 amide bonds. The Kier molecular flexibility index (Phi) is 17.8. The molecule has 16 atom stereocenters. The van der Waals surface area contributed by atoms with Gasteiger partial charge < -0.3 is 37.9 Å². The Balaban J connectivity index is 1.46. The van der Waals surface area contributed by atoms with Crippen LogP contribution in [0.25, 0.3) is 0 Å². The van der Waals surface area contributed by atoms with Crippen molar-refractivity contribution in [3.8, 4) is 0 Å². The number of rotatable bonds is 8. The molecule has 8 bridgehead atoms. The fourth-order valence-electron chi connectivity index (χ4n) is 11.7. The lowest BCUT2D eigenvalue weighted by Gasteiger charge is -2.43. The average Bonchev–Trinajstić information content (AvgIpc) is 3.17. The minimum Gasteiger partial charge on any atom is -0.381 e. The lowest BCUT2D eigenvalue weighted by molar-refractivity contribution is -0.0593. The SMILES string of the molecule is COC1C[C@@H]2CS(=O)(=O)C[C@H]3CC(OC)[C@H](CC3OC)CS(=O)(=O)C[C@H]3CC(OC)[C@H](CC3OC)CS(=O)(=O)C[C@H]3CC(OC)[C@H](CC3OC)CS(=O)(=O)C[C@H]1CC2OC. The molecule has 4 saturated carbocycles. The predicted molar refractivity (Wildman–Crippen MR) is 226 cm³/mol. The minimum atomic E-state index is -3.72. The number of ether oxygens (including phenoxy) is 8. The highest BCUT2D eigenvalue weighted by atomic mass is 32.2. The van der Waals surface area contributed by atoms with Crippen molar-refractivity contribution in [2.24, 2.45) is 47.3 Å². The molecule has 10 saturated heterocycles. The maximum atomic E-state index is 14.0. The monoisotopic (exact) mass is 936 g/mol. The lowest BCUT2D eigenvalue weighted by atomic mass is 9.79. The standard InChI is InChI=1S/C40H72O16S4/c1-49-33-9-26-18-58(43,44)20-28-12-38(54-6)30(14-37(28)53-5)22-60(47,48)24-32-16-39(55-7)31(15-40(32)56-8)23-59(45,46)21-29-13-35(51-3)27(11-36(29)52-4)19-57(41,42)17-25(33)10-34(26)50-2/h25-40H,9-24H2,1-8H3/t25-,26-,27-,28-,29-,30-,31-,32-,33?,34?,35?,36?,37?,38?,39?,40?/m1/s1. The highest BCUT2D eigenvalue weighted by Crippen LogP contribution is 2.41. The van der Waals surface area contributed by atoms with Gasteiger partial charge in [-0.05, 0) is 51.4 Å². The molecule has 4 aliphatic carbocycles. The van der Waals surface area contributed by atoms with Crippen LogP contribution in [0.15, 0.2) is 0 Å². The van der Waals surface area contributed by atoms with Crippen molar-refractivity contribution in [1.82, 2.24) is 0 Å². The van der Waals surface area contributed by atoms with Crippen molar-refractivity contribution in [2.45, 2.75) is 100 Å². The molecule has 60 heavy (non-hydrogen) atoms. The second-order valence-corrected chi connectivity index (χ2v) is 27.1. The summed E-state index contributed by atoms with van der Waals surface area (Å²) in [5, 5.41) is 0. The Morgan fingerprint density at radius 2 is 0.333 bits per heavy atom. The molecule has 0 N–H and O–H groups in total. The van der Waals surface area contributed by atoms with Crippen molar-refractivity contribution in [2.75, 3.05) is 103 Å². The zero-order chi connectivity index (χ0) is 44.2. The molecule has 10 heterocycles. The Bertz CT molecular complexity index is 1460. The van der Waals surface area contributed by atoms with Crippen LogP contribution in [0.1, 0.15) is 51.4 Å². The Labute approximate surface area is 359 Å². The lowest BCUT2D eigenvalue weighted by Crippen LogP contribution is -2.49. The molecule has 8 unspecified atom stereocenters. The summed E-state index contributed by atoms with van der Waals surface area (Å²) in [5.41, 5.74) is 0. The third kappa shape index (κ3) is 12.8. The average molecular weight is 937 g/mol. The van der Waals surface area contributed by atoms with Gasteiger partial charge in [-0.15, -0.1) is 0 Å². The second-order valence-electron chi connectivity index (χ2n) is 18.5. The molecule has 14 aliphatic rings. The maximum absolute atomic E-state index is 14.0. The molecule has 0 aromatic carbocycles. The van der Waals surface area contributed by atoms with E-state index in [9.17, 15) is 33.7 Å². The van der Waals surface area contributed by atoms with Gasteiger partial charge in [-0.3, -0.25) is 0 Å². The van der Waals surface area contributed by atoms with Gasteiger partial charge in [0.2, 0.25) is 0 Å². The van der Waals surface area contributed by atoms with E-state index in [0.29, 0.717) is 0 Å². The van der Waals surface area contributed by atoms with Crippen LogP contribution in [-0.2, 0) is 77.2 Å². The van der Waals surface area contributed by atoms with Gasteiger partial charge in [0.25, 0.3) is 0 Å². The first-order valence-corrected chi connectivity index (χ1v) is 28.5. The van der Waals surface area contributed by atoms with Crippen LogP contribution >= 0.6 is 0 Å². The van der Waals surface area contributed by atoms with Crippen molar-refractivity contribution >= 4 is 39.3 Å². The fraction of sp³-hybridized carbons (Fsp3) is 1.00. The van der Waals surface area contributed by atoms with E-state index in [1.807, 2.05) is 0 Å². The summed E-state index contributed by atoms with van der Waals surface area (Å²) in [7, 11) is -2.81. The van der Waals surface area contributed by atoms with Crippen LogP contribution in [0, 0.1) is 47.3 Å². The van der Waals surface area contributed by atoms with E-state index in [1.54, 1.807) is 0 Å². The molecular formula is C40H72O16S4. The van der Waals surface area contributed by atoms with E-state index in [0.717, 1.165) is 0 Å². The summed E-state index contributed by atoms with van der Waals surface area (Å²) in [5.74, 6) is -5.13. The van der Waals surface area contributed by atoms with Gasteiger partial charge in [-0.2, -0.15) is 0 Å². The van der Waals surface area contributed by atoms with E-state index >= 15 is 0 Å². The topological polar surface area (TPSA) is 210 Å². The zero-order valence-corrected chi connectivity index (χ0v) is 40.0. The quantitative estimate of drug-likeness (QED) is 0.340. The van der Waals surface area contributed by atoms with E-state index in [-0.39, 0.29) is 97.4 Å². The van der Waals surface area contributed by atoms with Crippen LogP contribution in [0.5, 0.6) is 0 Å². The summed E-state index contributed by atoms with van der Waals surface area (Å²) < 4.78 is 159. The summed E-state index contributed by atoms with van der Waals surface area (Å²) in [6.45, 7) is 0. The van der Waals surface area contributed by atoms with Gasteiger partial charge in [0.15, 0.2) is 39.3 Å². The maximum Gasteiger partial charge on any atom is 0.151 e. The predicted octanol–water partition coefficient (Wildman–Crippen LogP) is 1.88. The highest BCUT2D eigenvalue weighted by molar-refractivity contribution is 7.92. The molecule has 0 aromatic heterocycles. The second kappa shape index (κ2) is 21.2. The van der Waals surface area contributed by atoms with Crippen molar-refractivity contribution in [1.29, 1.82) is 0 Å². The van der Waals surface area contributed by atoms with Gasteiger partial charge in [0.05, 0.1) is 94.9 Å². The molecule has 14 fully saturated rings. The summed E-state index contributed by atoms with van der Waals surface area (Å²) in [4.78, 5) is 0. The third-order valence-corrected chi connectivity index (χ3v) is 22.1. The minimum absolute atomic E-state index is 0.189. The molecular weight excluding hydrogens is 865 g/mol. The van der Waals surface area contributed by atoms with E-state index < -0.39 is 136 Å². The number of hydrogen-bond acceptors (Lipinski definition) is 16. The number of hydrogen-bond donors (Lipinski definition) is 0. The van der Waals surface area contributed by atoms with E-state index in [2.05, 4.69) is 0 Å². The fourth-order valence-corrected chi connectivity index (χ4v) is 20.3. The van der Waals surface area contributed by atoms with Crippen LogP contribution < -0.4 is 0 Å². The van der Waals surface area contributed by atoms with Crippen molar-refractivity contribution in [3.05, 3.63) is 0 Å². The summed E-state index contributed by atoms with van der Waals surface area (Å²) in [6.07, 6.45) is -1.93. The largest absolute Gasteiger partial charge is 0.381 e. The molecule has 10 aliphatic heterocycles. The Morgan fingerprint density at radius 3 is 0.417 bits per heavy atom. The summed E-state index contributed by atoms with van der Waals surface area (Å²) >= 11 is 0. The molecule has 0 radical (unpaired) electrons. The third-order valence-electron chi connectivity index (χ3n) is 14.7. The van der Waals surface area contributed by atoms with Gasteiger partial charge in [0, 0.05) is 104 Å². The molecule has 16 nitrogen and oxygen atoms in total. The zero-order valence-electron chi connectivity index (χ0n) is 36.7. The first-order chi connectivity index (χ1) is 28.2. The van der Waals surface area contributed by atoms with Crippen molar-refractivity contribution in [3.63, 3.8) is 0 Å². The van der Waals surface area contributed by atoms with E-state index in [4.69, 9.17) is 37.9 Å². The van der Waals surface area contributed by atoms with Crippen LogP contribution in [0.4, 0.5) is 0 Å². The number of sulfone groups is 4. The molecule has 0 spiro atoms. The van der Waals surface area contributed by atoms with Gasteiger partial charge in [0.1, 0.15) is 0 Å². The Hall–Kier alpha value is -0.520. The van der Waals surface area contributed by atoms with Crippen LogP contribution in [0.3, 0.4) is 0 Å². The van der Waals surface area contributed by atoms with Crippen molar-refractivity contribution < 1.29 is 71.6 Å². The van der Waals surface area contributed by atoms with Crippen LogP contribution in [-0.4, -0.2) is 185 Å². The molecule has 0 aromatic rings. The first-order valence-electron chi connectivity index (χ1n) is 21.3. The number of methoxy groups -OCH3 is 8. The highest BCUT2D eigenvalue weighted by Gasteiger charge is 2.48. The summed E-state index contributed by atoms with van der Waals surface area (Å²) in [6, 6.07) is 0. The molecule has 14 rings (SSSR count). The van der Waals surface area contributed by atoms with Gasteiger partial charge in [-0.25, -0.2) is 33.7 Å². The molecule has 352 valence electrons.